The Morgan fingerprint density at radius 3 is 2.60 bits per heavy atom. The molecular weight excluding hydrogens is 692 g/mol. The van der Waals surface area contributed by atoms with Crippen LogP contribution in [0.2, 0.25) is 0 Å². The van der Waals surface area contributed by atoms with E-state index in [1.807, 2.05) is 42.3 Å². The Hall–Kier alpha value is -4.44. The highest BCUT2D eigenvalue weighted by Crippen LogP contribution is 2.46. The second-order valence-electron chi connectivity index (χ2n) is 15.2. The minimum Gasteiger partial charge on any atom is -0.497 e. The molecule has 16 heteroatoms. The predicted molar refractivity (Wildman–Crippen MR) is 191 cm³/mol. The maximum absolute atomic E-state index is 14.5. The number of sulfonamides is 1. The molecule has 1 saturated heterocycles. The highest BCUT2D eigenvalue weighted by Gasteiger charge is 2.62. The Morgan fingerprint density at radius 1 is 1.12 bits per heavy atom. The number of likely N-dealkylation sites (N-methyl/N-ethyl adjacent to an activating group) is 1. The first kappa shape index (κ1) is 37.3. The van der Waals surface area contributed by atoms with Crippen molar-refractivity contribution in [3.8, 4) is 11.6 Å². The lowest BCUT2D eigenvalue weighted by molar-refractivity contribution is -0.141. The summed E-state index contributed by atoms with van der Waals surface area (Å²) >= 11 is 0. The number of nitrogens with zero attached hydrogens (tertiary/aromatic N) is 3. The fraction of sp³-hybridized carbons (Fsp3) is 0.583. The Kier molecular flexibility index (Phi) is 10.4. The molecule has 52 heavy (non-hydrogen) atoms. The van der Waals surface area contributed by atoms with E-state index in [-0.39, 0.29) is 25.9 Å². The number of hydrogen-bond acceptors (Lipinski definition) is 11. The highest BCUT2D eigenvalue weighted by atomic mass is 32.2. The summed E-state index contributed by atoms with van der Waals surface area (Å²) in [4.78, 5) is 63.3. The van der Waals surface area contributed by atoms with E-state index in [1.54, 1.807) is 40.1 Å². The van der Waals surface area contributed by atoms with E-state index in [9.17, 15) is 27.6 Å². The smallest absolute Gasteiger partial charge is 0.408 e. The van der Waals surface area contributed by atoms with Gasteiger partial charge in [-0.05, 0) is 96.1 Å². The molecule has 6 rings (SSSR count). The standard InChI is InChI=1S/C36H48N6O9S/c1-35(2,3)51-34(46)38-28-21-41(4)16-8-6-7-9-23-19-36(23,33(45)40-52(47,48)26-11-12-26)39-30(43)29-18-25(20-42(29)32(28)44)50-31-27-13-10-24(49-5)17-22(27)14-15-37-31/h7,9-10,13-15,17,23,25-26,28-29H,6,8,11-12,16,18-21H2,1-5H3,(H,38,46)(H,39,43)(H,40,45)/b9-7-/t23-,25?,28+,29+,36-/m1/s1. The van der Waals surface area contributed by atoms with Crippen molar-refractivity contribution in [1.82, 2.24) is 30.1 Å². The Balaban J connectivity index is 1.32. The zero-order valence-corrected chi connectivity index (χ0v) is 31.0. The molecule has 2 aliphatic carbocycles. The third kappa shape index (κ3) is 8.44. The van der Waals surface area contributed by atoms with Gasteiger partial charge in [0.2, 0.25) is 27.7 Å². The number of carbonyl (C=O) groups is 4. The first-order valence-electron chi connectivity index (χ1n) is 17.7. The topological polar surface area (TPSA) is 186 Å². The number of nitrogens with one attached hydrogen (secondary N) is 3. The van der Waals surface area contributed by atoms with Gasteiger partial charge in [-0.25, -0.2) is 18.2 Å². The second kappa shape index (κ2) is 14.5. The van der Waals surface area contributed by atoms with Gasteiger partial charge in [-0.1, -0.05) is 12.2 Å². The van der Waals surface area contributed by atoms with E-state index in [0.29, 0.717) is 49.2 Å². The molecule has 0 bridgehead atoms. The molecular formula is C36H48N6O9S. The summed E-state index contributed by atoms with van der Waals surface area (Å²) in [6, 6.07) is 5.05. The van der Waals surface area contributed by atoms with Crippen LogP contribution in [0.25, 0.3) is 10.8 Å². The average molecular weight is 741 g/mol. The highest BCUT2D eigenvalue weighted by molar-refractivity contribution is 7.91. The third-order valence-corrected chi connectivity index (χ3v) is 11.6. The van der Waals surface area contributed by atoms with Gasteiger partial charge in [0.25, 0.3) is 5.91 Å². The van der Waals surface area contributed by atoms with E-state index in [2.05, 4.69) is 20.3 Å². The summed E-state index contributed by atoms with van der Waals surface area (Å²) < 4.78 is 45.1. The molecule has 3 fully saturated rings. The van der Waals surface area contributed by atoms with E-state index in [1.165, 1.54) is 4.90 Å². The molecule has 15 nitrogen and oxygen atoms in total. The number of hydrogen-bond donors (Lipinski definition) is 3. The minimum absolute atomic E-state index is 0.0278. The van der Waals surface area contributed by atoms with Crippen LogP contribution < -0.4 is 24.8 Å². The van der Waals surface area contributed by atoms with Gasteiger partial charge in [0.1, 0.15) is 35.1 Å². The molecule has 2 aromatic rings. The summed E-state index contributed by atoms with van der Waals surface area (Å²) in [5.41, 5.74) is -2.33. The largest absolute Gasteiger partial charge is 0.497 e. The number of rotatable bonds is 7. The second-order valence-corrected chi connectivity index (χ2v) is 17.1. The number of ether oxygens (including phenoxy) is 3. The van der Waals surface area contributed by atoms with Crippen LogP contribution in [0.15, 0.2) is 42.6 Å². The quantitative estimate of drug-likeness (QED) is 0.354. The summed E-state index contributed by atoms with van der Waals surface area (Å²) in [6.07, 6.45) is 6.43. The zero-order valence-electron chi connectivity index (χ0n) is 30.2. The van der Waals surface area contributed by atoms with Crippen LogP contribution in [0.4, 0.5) is 4.79 Å². The fourth-order valence-corrected chi connectivity index (χ4v) is 8.19. The summed E-state index contributed by atoms with van der Waals surface area (Å²) in [5.74, 6) is -1.44. The Bertz CT molecular complexity index is 1860. The summed E-state index contributed by atoms with van der Waals surface area (Å²) in [7, 11) is -0.475. The summed E-state index contributed by atoms with van der Waals surface area (Å²) in [5, 5.41) is 6.48. The van der Waals surface area contributed by atoms with E-state index in [4.69, 9.17) is 14.2 Å². The van der Waals surface area contributed by atoms with Gasteiger partial charge < -0.3 is 34.6 Å². The van der Waals surface area contributed by atoms with Crippen LogP contribution in [0.3, 0.4) is 0 Å². The molecule has 3 N–H and O–H groups in total. The number of fused-ring (bicyclic) bond motifs is 3. The van der Waals surface area contributed by atoms with Crippen LogP contribution in [0.1, 0.15) is 59.3 Å². The van der Waals surface area contributed by atoms with E-state index >= 15 is 0 Å². The lowest BCUT2D eigenvalue weighted by atomic mass is 10.1. The number of carbonyl (C=O) groups excluding carboxylic acids is 4. The number of methoxy groups -OCH3 is 1. The molecule has 5 atom stereocenters. The molecule has 1 unspecified atom stereocenters. The number of allylic oxidation sites excluding steroid dienone is 1. The molecule has 2 aliphatic heterocycles. The maximum Gasteiger partial charge on any atom is 0.408 e. The van der Waals surface area contributed by atoms with Crippen LogP contribution in [0.5, 0.6) is 11.6 Å². The van der Waals surface area contributed by atoms with Crippen molar-refractivity contribution >= 4 is 44.6 Å². The number of pyridine rings is 1. The molecule has 0 spiro atoms. The SMILES string of the molecule is COc1ccc2c(OC3C[C@H]4C(=O)N[C@]5(C(=O)NS(=O)(=O)C6CC6)C[C@H]5/C=C\CCCN(C)C[C@H](NC(=O)OC(C)(C)C)C(=O)N4C3)nccc2c1. The minimum atomic E-state index is -3.89. The van der Waals surface area contributed by atoms with Crippen LogP contribution in [-0.2, 0) is 29.1 Å². The van der Waals surface area contributed by atoms with Crippen LogP contribution in [0, 0.1) is 5.92 Å². The van der Waals surface area contributed by atoms with Crippen molar-refractivity contribution in [2.75, 3.05) is 33.8 Å². The van der Waals surface area contributed by atoms with E-state index in [0.717, 1.165) is 5.39 Å². The van der Waals surface area contributed by atoms with Crippen molar-refractivity contribution < 1.29 is 41.8 Å². The first-order chi connectivity index (χ1) is 24.6. The lowest BCUT2D eigenvalue weighted by Crippen LogP contribution is -2.59. The van der Waals surface area contributed by atoms with Gasteiger partial charge in [-0.15, -0.1) is 0 Å². The van der Waals surface area contributed by atoms with Gasteiger partial charge in [-0.3, -0.25) is 19.1 Å². The number of amides is 4. The normalized spacial score (nSPS) is 28.0. The Morgan fingerprint density at radius 2 is 1.88 bits per heavy atom. The molecule has 4 amide bonds. The lowest BCUT2D eigenvalue weighted by Gasteiger charge is -2.32. The maximum atomic E-state index is 14.5. The molecule has 282 valence electrons. The Labute approximate surface area is 303 Å². The van der Waals surface area contributed by atoms with E-state index < -0.39 is 74.3 Å². The van der Waals surface area contributed by atoms with Crippen molar-refractivity contribution in [3.05, 3.63) is 42.6 Å². The molecule has 3 heterocycles. The van der Waals surface area contributed by atoms with Gasteiger partial charge in [0.15, 0.2) is 0 Å². The van der Waals surface area contributed by atoms with Crippen molar-refractivity contribution in [3.63, 3.8) is 0 Å². The summed E-state index contributed by atoms with van der Waals surface area (Å²) in [6.45, 7) is 5.86. The zero-order chi connectivity index (χ0) is 37.4. The van der Waals surface area contributed by atoms with Crippen LogP contribution >= 0.6 is 0 Å². The molecule has 4 aliphatic rings. The van der Waals surface area contributed by atoms with Crippen molar-refractivity contribution in [2.24, 2.45) is 5.92 Å². The van der Waals surface area contributed by atoms with Crippen LogP contribution in [-0.4, -0.2) is 115 Å². The predicted octanol–water partition coefficient (Wildman–Crippen LogP) is 2.25. The number of aromatic nitrogens is 1. The van der Waals surface area contributed by atoms with Gasteiger partial charge in [-0.2, -0.15) is 0 Å². The first-order valence-corrected chi connectivity index (χ1v) is 19.3. The van der Waals surface area contributed by atoms with Crippen molar-refractivity contribution in [1.29, 1.82) is 0 Å². The monoisotopic (exact) mass is 740 g/mol. The molecule has 1 aromatic carbocycles. The van der Waals surface area contributed by atoms with Gasteiger partial charge in [0.05, 0.1) is 18.9 Å². The molecule has 0 radical (unpaired) electrons. The molecule has 2 saturated carbocycles. The fourth-order valence-electron chi connectivity index (χ4n) is 6.83. The molecule has 1 aromatic heterocycles. The van der Waals surface area contributed by atoms with Gasteiger partial charge >= 0.3 is 6.09 Å². The third-order valence-electron chi connectivity index (χ3n) is 9.79. The number of benzene rings is 1. The van der Waals surface area contributed by atoms with Gasteiger partial charge in [0, 0.05) is 30.5 Å². The number of alkyl carbamates (subject to hydrolysis) is 1. The van der Waals surface area contributed by atoms with Crippen molar-refractivity contribution in [2.45, 2.75) is 93.9 Å². The average Bonchev–Trinajstić information content (AvgIpc) is 4.00.